The van der Waals surface area contributed by atoms with Gasteiger partial charge < -0.3 is 15.2 Å². The highest BCUT2D eigenvalue weighted by Gasteiger charge is 2.51. The van der Waals surface area contributed by atoms with E-state index in [2.05, 4.69) is 35.4 Å². The zero-order chi connectivity index (χ0) is 25.3. The first kappa shape index (κ1) is 23.3. The van der Waals surface area contributed by atoms with Gasteiger partial charge in [-0.25, -0.2) is 0 Å². The van der Waals surface area contributed by atoms with Crippen molar-refractivity contribution in [2.75, 3.05) is 5.88 Å². The highest BCUT2D eigenvalue weighted by Crippen LogP contribution is 2.55. The van der Waals surface area contributed by atoms with Crippen LogP contribution in [-0.2, 0) is 11.2 Å². The Morgan fingerprint density at radius 1 is 1.00 bits per heavy atom. The van der Waals surface area contributed by atoms with Crippen molar-refractivity contribution >= 4 is 34.3 Å². The zero-order valence-corrected chi connectivity index (χ0v) is 22.1. The molecule has 6 heteroatoms. The number of carbonyl (C=O) groups is 2. The number of halogens is 1. The van der Waals surface area contributed by atoms with Crippen LogP contribution in [0.5, 0.6) is 0 Å². The first-order valence-electron chi connectivity index (χ1n) is 13.8. The number of hydrogen-bond acceptors (Lipinski definition) is 2. The topological polar surface area (TPSA) is 65.2 Å². The van der Waals surface area contributed by atoms with E-state index >= 15 is 0 Å². The lowest BCUT2D eigenvalue weighted by molar-refractivity contribution is -0.133. The minimum Gasteiger partial charge on any atom is -0.356 e. The van der Waals surface area contributed by atoms with E-state index < -0.39 is 0 Å². The van der Waals surface area contributed by atoms with E-state index in [1.807, 2.05) is 35.2 Å². The fourth-order valence-corrected chi connectivity index (χ4v) is 8.78. The molecule has 4 aliphatic carbocycles. The number of alkyl halides is 1. The van der Waals surface area contributed by atoms with Crippen LogP contribution in [0.15, 0.2) is 48.5 Å². The number of amides is 2. The minimum atomic E-state index is -0.266. The summed E-state index contributed by atoms with van der Waals surface area (Å²) in [4.78, 5) is 31.9. The molecule has 2 heterocycles. The number of nitrogens with one attached hydrogen (secondary N) is 2. The van der Waals surface area contributed by atoms with Crippen LogP contribution in [-0.4, -0.2) is 39.2 Å². The molecule has 37 heavy (non-hydrogen) atoms. The number of fused-ring (bicyclic) bond motifs is 3. The van der Waals surface area contributed by atoms with Gasteiger partial charge in [0.2, 0.25) is 5.91 Å². The summed E-state index contributed by atoms with van der Waals surface area (Å²) in [6.45, 7) is 2.09. The number of H-pyrrole nitrogens is 1. The van der Waals surface area contributed by atoms with E-state index in [0.717, 1.165) is 60.2 Å². The second-order valence-electron chi connectivity index (χ2n) is 12.2. The third kappa shape index (κ3) is 3.80. The molecule has 0 spiro atoms. The molecule has 2 atom stereocenters. The molecule has 4 fully saturated rings. The van der Waals surface area contributed by atoms with Crippen LogP contribution in [0.3, 0.4) is 0 Å². The summed E-state index contributed by atoms with van der Waals surface area (Å²) in [6.07, 6.45) is 8.28. The average molecular weight is 516 g/mol. The van der Waals surface area contributed by atoms with Crippen molar-refractivity contribution in [2.45, 2.75) is 69.5 Å². The van der Waals surface area contributed by atoms with Gasteiger partial charge >= 0.3 is 0 Å². The van der Waals surface area contributed by atoms with Crippen LogP contribution in [0.4, 0.5) is 0 Å². The van der Waals surface area contributed by atoms with E-state index in [9.17, 15) is 9.59 Å². The summed E-state index contributed by atoms with van der Waals surface area (Å²) >= 11 is 6.07. The third-order valence-corrected chi connectivity index (χ3v) is 9.91. The molecule has 0 radical (unpaired) electrons. The van der Waals surface area contributed by atoms with E-state index in [1.54, 1.807) is 0 Å². The number of benzene rings is 2. The maximum Gasteiger partial charge on any atom is 0.251 e. The van der Waals surface area contributed by atoms with E-state index in [-0.39, 0.29) is 35.3 Å². The highest BCUT2D eigenvalue weighted by atomic mass is 35.5. The summed E-state index contributed by atoms with van der Waals surface area (Å²) in [5, 5.41) is 4.70. The van der Waals surface area contributed by atoms with E-state index in [0.29, 0.717) is 5.56 Å². The molecule has 1 aromatic heterocycles. The van der Waals surface area contributed by atoms with Gasteiger partial charge in [-0.3, -0.25) is 9.59 Å². The van der Waals surface area contributed by atoms with Crippen molar-refractivity contribution in [2.24, 2.45) is 17.8 Å². The first-order chi connectivity index (χ1) is 17.9. The molecule has 4 saturated carbocycles. The van der Waals surface area contributed by atoms with Gasteiger partial charge in [-0.1, -0.05) is 30.3 Å². The van der Waals surface area contributed by atoms with Crippen LogP contribution < -0.4 is 5.32 Å². The number of para-hydroxylation sites is 1. The second-order valence-corrected chi connectivity index (χ2v) is 12.5. The molecule has 2 amide bonds. The maximum absolute atomic E-state index is 13.4. The fraction of sp³-hybridized carbons (Fsp3) is 0.484. The van der Waals surface area contributed by atoms with Crippen molar-refractivity contribution in [3.63, 3.8) is 0 Å². The molecule has 0 unspecified atom stereocenters. The van der Waals surface area contributed by atoms with Crippen molar-refractivity contribution in [1.82, 2.24) is 15.2 Å². The smallest absolute Gasteiger partial charge is 0.251 e. The molecule has 2 N–H and O–H groups in total. The summed E-state index contributed by atoms with van der Waals surface area (Å²) in [5.41, 5.74) is 5.06. The SMILES string of the molecule is C[C@H]1Cc2c([nH]c3ccccc23)[C@H](c2ccc(C(=O)NC34CC5CC(CC(C5)C3)C4)cc2)N1C(=O)CCl. The number of hydrogen-bond donors (Lipinski definition) is 2. The molecule has 4 bridgehead atoms. The fourth-order valence-electron chi connectivity index (χ4n) is 8.64. The molecule has 5 aliphatic rings. The number of rotatable bonds is 4. The summed E-state index contributed by atoms with van der Waals surface area (Å²) in [5.74, 6) is 2.27. The second kappa shape index (κ2) is 8.62. The van der Waals surface area contributed by atoms with Crippen LogP contribution in [0.1, 0.15) is 78.7 Å². The molecule has 2 aromatic carbocycles. The molecule has 8 rings (SSSR count). The predicted molar refractivity (Wildman–Crippen MR) is 146 cm³/mol. The van der Waals surface area contributed by atoms with E-state index in [4.69, 9.17) is 11.6 Å². The Bertz CT molecular complexity index is 1340. The Morgan fingerprint density at radius 2 is 1.65 bits per heavy atom. The van der Waals surface area contributed by atoms with Gasteiger partial charge in [-0.2, -0.15) is 0 Å². The molecule has 5 nitrogen and oxygen atoms in total. The molecule has 1 aliphatic heterocycles. The standard InChI is InChI=1S/C31H34ClN3O2/c1-18-10-25-24-4-2-3-5-26(24)33-28(25)29(35(18)27(36)17-32)22-6-8-23(9-7-22)30(37)34-31-14-19-11-20(15-31)13-21(12-19)16-31/h2-9,18-21,29,33H,10-17H2,1H3,(H,34,37)/t18-,19?,20?,21?,29-,31?/m0/s1. The lowest BCUT2D eigenvalue weighted by atomic mass is 9.53. The lowest BCUT2D eigenvalue weighted by Crippen LogP contribution is -2.59. The van der Waals surface area contributed by atoms with Crippen molar-refractivity contribution in [1.29, 1.82) is 0 Å². The van der Waals surface area contributed by atoms with Crippen LogP contribution in [0, 0.1) is 17.8 Å². The van der Waals surface area contributed by atoms with Gasteiger partial charge in [0.15, 0.2) is 0 Å². The monoisotopic (exact) mass is 515 g/mol. The molecular weight excluding hydrogens is 482 g/mol. The average Bonchev–Trinajstić information content (AvgIpc) is 3.24. The summed E-state index contributed by atoms with van der Waals surface area (Å²) < 4.78 is 0. The quantitative estimate of drug-likeness (QED) is 0.420. The molecule has 192 valence electrons. The zero-order valence-electron chi connectivity index (χ0n) is 21.3. The Hall–Kier alpha value is -2.79. The highest BCUT2D eigenvalue weighted by molar-refractivity contribution is 6.27. The molecule has 3 aromatic rings. The normalized spacial score (nSPS) is 31.9. The number of carbonyl (C=O) groups excluding carboxylic acids is 2. The van der Waals surface area contributed by atoms with Gasteiger partial charge in [0, 0.05) is 33.7 Å². The Kier molecular flexibility index (Phi) is 5.44. The maximum atomic E-state index is 13.4. The Morgan fingerprint density at radius 3 is 2.30 bits per heavy atom. The minimum absolute atomic E-state index is 0.00781. The Labute approximate surface area is 222 Å². The molecular formula is C31H34ClN3O2. The number of aromatic amines is 1. The lowest BCUT2D eigenvalue weighted by Gasteiger charge is -2.56. The van der Waals surface area contributed by atoms with Crippen LogP contribution in [0.2, 0.25) is 0 Å². The largest absolute Gasteiger partial charge is 0.356 e. The van der Waals surface area contributed by atoms with Crippen molar-refractivity contribution in [3.05, 3.63) is 70.9 Å². The number of aromatic nitrogens is 1. The third-order valence-electron chi connectivity index (χ3n) is 9.68. The van der Waals surface area contributed by atoms with Gasteiger partial charge in [0.1, 0.15) is 5.88 Å². The van der Waals surface area contributed by atoms with Gasteiger partial charge in [0.05, 0.1) is 6.04 Å². The number of nitrogens with zero attached hydrogens (tertiary/aromatic N) is 1. The van der Waals surface area contributed by atoms with Crippen molar-refractivity contribution in [3.8, 4) is 0 Å². The van der Waals surface area contributed by atoms with Gasteiger partial charge in [0.25, 0.3) is 5.91 Å². The molecule has 0 saturated heterocycles. The van der Waals surface area contributed by atoms with Crippen LogP contribution >= 0.6 is 11.6 Å². The Balaban J connectivity index is 1.20. The van der Waals surface area contributed by atoms with Gasteiger partial charge in [-0.05, 0) is 98.9 Å². The summed E-state index contributed by atoms with van der Waals surface area (Å²) in [6, 6.07) is 16.0. The van der Waals surface area contributed by atoms with Crippen LogP contribution in [0.25, 0.3) is 10.9 Å². The van der Waals surface area contributed by atoms with Gasteiger partial charge in [-0.15, -0.1) is 11.6 Å². The predicted octanol–water partition coefficient (Wildman–Crippen LogP) is 5.97. The van der Waals surface area contributed by atoms with E-state index in [1.165, 1.54) is 30.2 Å². The first-order valence-corrected chi connectivity index (χ1v) is 14.4. The summed E-state index contributed by atoms with van der Waals surface area (Å²) in [7, 11) is 0. The van der Waals surface area contributed by atoms with Crippen molar-refractivity contribution < 1.29 is 9.59 Å².